The van der Waals surface area contributed by atoms with Crippen molar-refractivity contribution in [2.45, 2.75) is 13.0 Å². The van der Waals surface area contributed by atoms with E-state index in [1.807, 2.05) is 11.6 Å². The standard InChI is InChI=1S/C11H12N4OS/c1-15-6-12-4-9(15)10-13-8-2-3-16-5-7(8)11(17)14-10/h4,6H,2-3,5H2,1H3,(H,13,14,17). The van der Waals surface area contributed by atoms with E-state index in [2.05, 4.69) is 15.0 Å². The van der Waals surface area contributed by atoms with Gasteiger partial charge in [0.1, 0.15) is 10.3 Å². The number of aryl methyl sites for hydroxylation is 1. The van der Waals surface area contributed by atoms with Crippen LogP contribution >= 0.6 is 12.2 Å². The lowest BCUT2D eigenvalue weighted by Gasteiger charge is -2.17. The van der Waals surface area contributed by atoms with Crippen molar-refractivity contribution in [3.05, 3.63) is 28.4 Å². The van der Waals surface area contributed by atoms with Crippen LogP contribution in [0.3, 0.4) is 0 Å². The van der Waals surface area contributed by atoms with Gasteiger partial charge in [-0.15, -0.1) is 0 Å². The average Bonchev–Trinajstić information content (AvgIpc) is 2.75. The number of aromatic nitrogens is 4. The fraction of sp³-hybridized carbons (Fsp3) is 0.364. The largest absolute Gasteiger partial charge is 0.376 e. The normalized spacial score (nSPS) is 14.6. The SMILES string of the molecule is Cn1cncc1-c1nc(=S)c2c([nH]1)CCOC2. The highest BCUT2D eigenvalue weighted by Gasteiger charge is 2.15. The summed E-state index contributed by atoms with van der Waals surface area (Å²) in [7, 11) is 1.93. The third-order valence-electron chi connectivity index (χ3n) is 2.91. The topological polar surface area (TPSA) is 55.7 Å². The summed E-state index contributed by atoms with van der Waals surface area (Å²) in [6, 6.07) is 0. The van der Waals surface area contributed by atoms with Crippen LogP contribution in [0.25, 0.3) is 11.5 Å². The number of hydrogen-bond donors (Lipinski definition) is 1. The van der Waals surface area contributed by atoms with Gasteiger partial charge in [0.05, 0.1) is 25.7 Å². The monoisotopic (exact) mass is 248 g/mol. The molecule has 0 fully saturated rings. The van der Waals surface area contributed by atoms with E-state index in [1.165, 1.54) is 0 Å². The molecule has 0 saturated carbocycles. The Morgan fingerprint density at radius 2 is 2.41 bits per heavy atom. The first-order valence-electron chi connectivity index (χ1n) is 5.42. The van der Waals surface area contributed by atoms with Crippen molar-refractivity contribution in [3.8, 4) is 11.5 Å². The molecule has 1 aliphatic heterocycles. The number of H-pyrrole nitrogens is 1. The number of nitrogens with zero attached hydrogens (tertiary/aromatic N) is 3. The fourth-order valence-electron chi connectivity index (χ4n) is 1.96. The average molecular weight is 248 g/mol. The van der Waals surface area contributed by atoms with Crippen molar-refractivity contribution in [1.29, 1.82) is 0 Å². The van der Waals surface area contributed by atoms with Gasteiger partial charge in [-0.2, -0.15) is 0 Å². The summed E-state index contributed by atoms with van der Waals surface area (Å²) in [6.07, 6.45) is 4.38. The fourth-order valence-corrected chi connectivity index (χ4v) is 2.24. The minimum atomic E-state index is 0.559. The molecule has 1 N–H and O–H groups in total. The zero-order chi connectivity index (χ0) is 11.8. The van der Waals surface area contributed by atoms with Crippen LogP contribution < -0.4 is 0 Å². The second kappa shape index (κ2) is 4.05. The summed E-state index contributed by atoms with van der Waals surface area (Å²) in [5, 5.41) is 0. The van der Waals surface area contributed by atoms with Crippen LogP contribution in [0.4, 0.5) is 0 Å². The molecule has 3 heterocycles. The highest BCUT2D eigenvalue weighted by atomic mass is 32.1. The maximum absolute atomic E-state index is 5.39. The summed E-state index contributed by atoms with van der Waals surface area (Å²) in [5.41, 5.74) is 3.08. The van der Waals surface area contributed by atoms with E-state index in [-0.39, 0.29) is 0 Å². The third-order valence-corrected chi connectivity index (χ3v) is 3.24. The van der Waals surface area contributed by atoms with E-state index < -0.39 is 0 Å². The molecule has 0 atom stereocenters. The molecule has 5 nitrogen and oxygen atoms in total. The predicted octanol–water partition coefficient (Wildman–Crippen LogP) is 1.61. The molecule has 2 aromatic heterocycles. The van der Waals surface area contributed by atoms with Crippen molar-refractivity contribution in [1.82, 2.24) is 19.5 Å². The van der Waals surface area contributed by atoms with E-state index in [4.69, 9.17) is 17.0 Å². The van der Waals surface area contributed by atoms with Gasteiger partial charge in [-0.1, -0.05) is 12.2 Å². The van der Waals surface area contributed by atoms with Crippen LogP contribution in [0.15, 0.2) is 12.5 Å². The second-order valence-electron chi connectivity index (χ2n) is 4.04. The van der Waals surface area contributed by atoms with Gasteiger partial charge in [0.2, 0.25) is 0 Å². The first kappa shape index (κ1) is 10.6. The number of nitrogens with one attached hydrogen (secondary N) is 1. The third kappa shape index (κ3) is 1.79. The predicted molar refractivity (Wildman–Crippen MR) is 65.0 cm³/mol. The molecule has 0 amide bonds. The molecule has 1 aliphatic rings. The highest BCUT2D eigenvalue weighted by Crippen LogP contribution is 2.20. The number of aromatic amines is 1. The van der Waals surface area contributed by atoms with Crippen LogP contribution in [0.5, 0.6) is 0 Å². The molecule has 0 unspecified atom stereocenters. The van der Waals surface area contributed by atoms with Crippen LogP contribution in [-0.2, 0) is 24.8 Å². The Labute approximate surface area is 103 Å². The van der Waals surface area contributed by atoms with Gasteiger partial charge in [-0.05, 0) is 0 Å². The van der Waals surface area contributed by atoms with Crippen LogP contribution in [0.1, 0.15) is 11.3 Å². The van der Waals surface area contributed by atoms with Gasteiger partial charge in [0, 0.05) is 24.7 Å². The van der Waals surface area contributed by atoms with Crippen molar-refractivity contribution in [3.63, 3.8) is 0 Å². The lowest BCUT2D eigenvalue weighted by molar-refractivity contribution is 0.108. The van der Waals surface area contributed by atoms with Crippen molar-refractivity contribution in [2.75, 3.05) is 6.61 Å². The van der Waals surface area contributed by atoms with E-state index >= 15 is 0 Å². The number of imidazole rings is 1. The Morgan fingerprint density at radius 1 is 1.53 bits per heavy atom. The van der Waals surface area contributed by atoms with E-state index in [9.17, 15) is 0 Å². The zero-order valence-electron chi connectivity index (χ0n) is 9.43. The number of hydrogen-bond acceptors (Lipinski definition) is 4. The number of ether oxygens (including phenoxy) is 1. The molecule has 3 rings (SSSR count). The lowest BCUT2D eigenvalue weighted by Crippen LogP contribution is -2.14. The Hall–Kier alpha value is -1.53. The molecular weight excluding hydrogens is 236 g/mol. The molecule has 88 valence electrons. The molecule has 0 aliphatic carbocycles. The smallest absolute Gasteiger partial charge is 0.157 e. The number of rotatable bonds is 1. The van der Waals surface area contributed by atoms with Gasteiger partial charge in [0.15, 0.2) is 5.82 Å². The quantitative estimate of drug-likeness (QED) is 0.779. The lowest BCUT2D eigenvalue weighted by atomic mass is 10.1. The summed E-state index contributed by atoms with van der Waals surface area (Å²) >= 11 is 5.30. The van der Waals surface area contributed by atoms with Crippen LogP contribution in [0, 0.1) is 4.64 Å². The second-order valence-corrected chi connectivity index (χ2v) is 4.43. The van der Waals surface area contributed by atoms with Gasteiger partial charge < -0.3 is 14.3 Å². The molecule has 0 bridgehead atoms. The Kier molecular flexibility index (Phi) is 2.53. The maximum Gasteiger partial charge on any atom is 0.157 e. The first-order valence-corrected chi connectivity index (χ1v) is 5.83. The van der Waals surface area contributed by atoms with E-state index in [0.717, 1.165) is 35.8 Å². The maximum atomic E-state index is 5.39. The number of fused-ring (bicyclic) bond motifs is 1. The van der Waals surface area contributed by atoms with Crippen molar-refractivity contribution >= 4 is 12.2 Å². The minimum absolute atomic E-state index is 0.559. The molecule has 2 aromatic rings. The highest BCUT2D eigenvalue weighted by molar-refractivity contribution is 7.71. The molecule has 6 heteroatoms. The molecule has 0 spiro atoms. The zero-order valence-corrected chi connectivity index (χ0v) is 10.3. The summed E-state index contributed by atoms with van der Waals surface area (Å²) in [5.74, 6) is 0.774. The van der Waals surface area contributed by atoms with Crippen molar-refractivity contribution < 1.29 is 4.74 Å². The van der Waals surface area contributed by atoms with Gasteiger partial charge in [-0.25, -0.2) is 9.97 Å². The molecule has 0 aromatic carbocycles. The van der Waals surface area contributed by atoms with Crippen LogP contribution in [0.2, 0.25) is 0 Å². The van der Waals surface area contributed by atoms with Crippen molar-refractivity contribution in [2.24, 2.45) is 7.05 Å². The first-order chi connectivity index (χ1) is 8.25. The van der Waals surface area contributed by atoms with Gasteiger partial charge >= 0.3 is 0 Å². The Morgan fingerprint density at radius 3 is 3.18 bits per heavy atom. The molecular formula is C11H12N4OS. The summed E-state index contributed by atoms with van der Waals surface area (Å²) < 4.78 is 7.92. The molecule has 0 radical (unpaired) electrons. The van der Waals surface area contributed by atoms with Gasteiger partial charge in [0.25, 0.3) is 0 Å². The van der Waals surface area contributed by atoms with E-state index in [0.29, 0.717) is 11.2 Å². The Bertz CT molecular complexity index is 616. The molecule has 17 heavy (non-hydrogen) atoms. The summed E-state index contributed by atoms with van der Waals surface area (Å²) in [4.78, 5) is 11.8. The minimum Gasteiger partial charge on any atom is -0.376 e. The molecule has 0 saturated heterocycles. The van der Waals surface area contributed by atoms with Crippen LogP contribution in [-0.4, -0.2) is 26.1 Å². The van der Waals surface area contributed by atoms with Gasteiger partial charge in [-0.3, -0.25) is 0 Å². The Balaban J connectivity index is 2.17. The summed E-state index contributed by atoms with van der Waals surface area (Å²) in [6.45, 7) is 1.29. The van der Waals surface area contributed by atoms with E-state index in [1.54, 1.807) is 12.5 Å².